The van der Waals surface area contributed by atoms with E-state index >= 15 is 0 Å². The molecule has 4 rings (SSSR count). The van der Waals surface area contributed by atoms with Gasteiger partial charge in [0.2, 0.25) is 0 Å². The predicted octanol–water partition coefficient (Wildman–Crippen LogP) is 3.14. The van der Waals surface area contributed by atoms with E-state index in [0.29, 0.717) is 0 Å². The topological polar surface area (TPSA) is 52.4 Å². The number of ether oxygens (including phenoxy) is 2. The van der Waals surface area contributed by atoms with Crippen molar-refractivity contribution in [2.24, 2.45) is 0 Å². The maximum absolute atomic E-state index is 5.60. The lowest BCUT2D eigenvalue weighted by Crippen LogP contribution is -2.27. The van der Waals surface area contributed by atoms with Gasteiger partial charge in [0.15, 0.2) is 11.5 Å². The van der Waals surface area contributed by atoms with Crippen molar-refractivity contribution in [2.45, 2.75) is 32.4 Å². The first-order valence-electron chi connectivity index (χ1n) is 10.2. The third-order valence-electron chi connectivity index (χ3n) is 5.55. The molecule has 0 spiro atoms. The minimum Gasteiger partial charge on any atom is -0.493 e. The SMILES string of the molecule is COc1cccc(CN2CCc3nnc(CCc4ccccc4)n3CC2)c1OC. The maximum Gasteiger partial charge on any atom is 0.165 e. The fourth-order valence-electron chi connectivity index (χ4n) is 3.99. The van der Waals surface area contributed by atoms with Crippen LogP contribution in [0.4, 0.5) is 0 Å². The van der Waals surface area contributed by atoms with E-state index < -0.39 is 0 Å². The molecule has 0 bridgehead atoms. The van der Waals surface area contributed by atoms with Gasteiger partial charge in [-0.1, -0.05) is 42.5 Å². The van der Waals surface area contributed by atoms with Crippen LogP contribution >= 0.6 is 0 Å². The van der Waals surface area contributed by atoms with Crippen molar-refractivity contribution in [3.05, 3.63) is 71.3 Å². The van der Waals surface area contributed by atoms with Crippen molar-refractivity contribution in [3.63, 3.8) is 0 Å². The van der Waals surface area contributed by atoms with E-state index in [4.69, 9.17) is 9.47 Å². The molecule has 0 aliphatic carbocycles. The maximum atomic E-state index is 5.60. The summed E-state index contributed by atoms with van der Waals surface area (Å²) in [4.78, 5) is 2.45. The van der Waals surface area contributed by atoms with E-state index in [0.717, 1.165) is 74.2 Å². The zero-order chi connectivity index (χ0) is 20.1. The smallest absolute Gasteiger partial charge is 0.165 e. The average Bonchev–Trinajstić information content (AvgIpc) is 3.05. The van der Waals surface area contributed by atoms with Crippen molar-refractivity contribution in [1.82, 2.24) is 19.7 Å². The molecule has 0 amide bonds. The molecule has 6 nitrogen and oxygen atoms in total. The summed E-state index contributed by atoms with van der Waals surface area (Å²) in [5.41, 5.74) is 2.49. The fourth-order valence-corrected chi connectivity index (χ4v) is 3.99. The van der Waals surface area contributed by atoms with Crippen LogP contribution in [0.5, 0.6) is 11.5 Å². The van der Waals surface area contributed by atoms with Gasteiger partial charge in [0.25, 0.3) is 0 Å². The highest BCUT2D eigenvalue weighted by Crippen LogP contribution is 2.31. The summed E-state index contributed by atoms with van der Waals surface area (Å²) in [5, 5.41) is 8.94. The summed E-state index contributed by atoms with van der Waals surface area (Å²) in [6.07, 6.45) is 2.81. The van der Waals surface area contributed by atoms with Gasteiger partial charge in [-0.05, 0) is 18.1 Å². The quantitative estimate of drug-likeness (QED) is 0.618. The molecule has 152 valence electrons. The molecule has 0 unspecified atom stereocenters. The van der Waals surface area contributed by atoms with Gasteiger partial charge in [0.1, 0.15) is 11.6 Å². The second kappa shape index (κ2) is 9.09. The van der Waals surface area contributed by atoms with Gasteiger partial charge in [-0.3, -0.25) is 4.90 Å². The van der Waals surface area contributed by atoms with E-state index in [9.17, 15) is 0 Å². The van der Waals surface area contributed by atoms with Crippen LogP contribution in [0.25, 0.3) is 0 Å². The Balaban J connectivity index is 1.42. The van der Waals surface area contributed by atoms with Crippen LogP contribution < -0.4 is 9.47 Å². The number of para-hydroxylation sites is 1. The Morgan fingerprint density at radius 2 is 1.72 bits per heavy atom. The lowest BCUT2D eigenvalue weighted by Gasteiger charge is -2.21. The van der Waals surface area contributed by atoms with Crippen molar-refractivity contribution in [1.29, 1.82) is 0 Å². The standard InChI is InChI=1S/C23H28N4O2/c1-28-20-10-6-9-19(23(20)29-2)17-26-14-13-22-25-24-21(27(22)16-15-26)12-11-18-7-4-3-5-8-18/h3-10H,11-17H2,1-2H3. The molecular weight excluding hydrogens is 364 g/mol. The van der Waals surface area contributed by atoms with Gasteiger partial charge in [0, 0.05) is 44.6 Å². The first-order chi connectivity index (χ1) is 14.3. The number of rotatable bonds is 7. The second-order valence-electron chi connectivity index (χ2n) is 7.35. The summed E-state index contributed by atoms with van der Waals surface area (Å²) in [7, 11) is 3.38. The minimum absolute atomic E-state index is 0.778. The van der Waals surface area contributed by atoms with E-state index in [1.165, 1.54) is 5.56 Å². The first-order valence-corrected chi connectivity index (χ1v) is 10.2. The zero-order valence-corrected chi connectivity index (χ0v) is 17.2. The van der Waals surface area contributed by atoms with Gasteiger partial charge in [-0.25, -0.2) is 0 Å². The number of hydrogen-bond donors (Lipinski definition) is 0. The average molecular weight is 393 g/mol. The van der Waals surface area contributed by atoms with Gasteiger partial charge < -0.3 is 14.0 Å². The molecule has 0 fully saturated rings. The van der Waals surface area contributed by atoms with E-state index in [2.05, 4.69) is 56.1 Å². The largest absolute Gasteiger partial charge is 0.493 e. The van der Waals surface area contributed by atoms with Crippen molar-refractivity contribution in [3.8, 4) is 11.5 Å². The number of aromatic nitrogens is 3. The highest BCUT2D eigenvalue weighted by molar-refractivity contribution is 5.46. The highest BCUT2D eigenvalue weighted by atomic mass is 16.5. The van der Waals surface area contributed by atoms with Crippen LogP contribution in [-0.4, -0.2) is 47.0 Å². The molecule has 1 aliphatic heterocycles. The molecular formula is C23H28N4O2. The van der Waals surface area contributed by atoms with E-state index in [-0.39, 0.29) is 0 Å². The molecule has 3 aromatic rings. The number of fused-ring (bicyclic) bond motifs is 1. The second-order valence-corrected chi connectivity index (χ2v) is 7.35. The summed E-state index contributed by atoms with van der Waals surface area (Å²) in [6.45, 7) is 3.66. The van der Waals surface area contributed by atoms with Crippen LogP contribution in [0.1, 0.15) is 22.8 Å². The number of nitrogens with zero attached hydrogens (tertiary/aromatic N) is 4. The molecule has 1 aliphatic rings. The Bertz CT molecular complexity index is 939. The Hall–Kier alpha value is -2.86. The summed E-state index contributed by atoms with van der Waals surface area (Å²) >= 11 is 0. The molecule has 0 N–H and O–H groups in total. The number of hydrogen-bond acceptors (Lipinski definition) is 5. The number of benzene rings is 2. The minimum atomic E-state index is 0.778. The third kappa shape index (κ3) is 4.43. The van der Waals surface area contributed by atoms with Crippen molar-refractivity contribution in [2.75, 3.05) is 27.3 Å². The molecule has 0 radical (unpaired) electrons. The Morgan fingerprint density at radius 1 is 0.862 bits per heavy atom. The van der Waals surface area contributed by atoms with Gasteiger partial charge >= 0.3 is 0 Å². The highest BCUT2D eigenvalue weighted by Gasteiger charge is 2.20. The molecule has 1 aromatic heterocycles. The molecule has 0 saturated heterocycles. The lowest BCUT2D eigenvalue weighted by molar-refractivity contribution is 0.263. The summed E-state index contributed by atoms with van der Waals surface area (Å²) in [6, 6.07) is 16.6. The monoisotopic (exact) mass is 392 g/mol. The lowest BCUT2D eigenvalue weighted by atomic mass is 10.1. The van der Waals surface area contributed by atoms with Crippen LogP contribution in [-0.2, 0) is 32.4 Å². The van der Waals surface area contributed by atoms with Gasteiger partial charge in [-0.15, -0.1) is 10.2 Å². The predicted molar refractivity (Wildman–Crippen MR) is 112 cm³/mol. The Kier molecular flexibility index (Phi) is 6.10. The van der Waals surface area contributed by atoms with E-state index in [1.807, 2.05) is 12.1 Å². The summed E-state index contributed by atoms with van der Waals surface area (Å²) in [5.74, 6) is 3.78. The Morgan fingerprint density at radius 3 is 2.52 bits per heavy atom. The van der Waals surface area contributed by atoms with Gasteiger partial charge in [-0.2, -0.15) is 0 Å². The number of methoxy groups -OCH3 is 2. The third-order valence-corrected chi connectivity index (χ3v) is 5.55. The molecule has 0 saturated carbocycles. The molecule has 0 atom stereocenters. The zero-order valence-electron chi connectivity index (χ0n) is 17.2. The van der Waals surface area contributed by atoms with Gasteiger partial charge in [0.05, 0.1) is 14.2 Å². The fraction of sp³-hybridized carbons (Fsp3) is 0.391. The molecule has 2 aromatic carbocycles. The van der Waals surface area contributed by atoms with Crippen LogP contribution in [0.15, 0.2) is 48.5 Å². The van der Waals surface area contributed by atoms with Crippen LogP contribution in [0, 0.1) is 0 Å². The summed E-state index contributed by atoms with van der Waals surface area (Å²) < 4.78 is 13.4. The molecule has 2 heterocycles. The van der Waals surface area contributed by atoms with Crippen molar-refractivity contribution < 1.29 is 9.47 Å². The van der Waals surface area contributed by atoms with Crippen LogP contribution in [0.3, 0.4) is 0 Å². The molecule has 29 heavy (non-hydrogen) atoms. The van der Waals surface area contributed by atoms with Crippen LogP contribution in [0.2, 0.25) is 0 Å². The van der Waals surface area contributed by atoms with E-state index in [1.54, 1.807) is 14.2 Å². The first kappa shape index (κ1) is 19.5. The normalized spacial score (nSPS) is 14.3. The molecule has 6 heteroatoms. The van der Waals surface area contributed by atoms with Crippen molar-refractivity contribution >= 4 is 0 Å². The number of aryl methyl sites for hydroxylation is 2. The Labute approximate surface area is 172 Å².